The number of nitrogens with zero attached hydrogens (tertiary/aromatic N) is 4. The number of aryl methyl sites for hydroxylation is 1. The van der Waals surface area contributed by atoms with E-state index in [1.165, 1.54) is 4.90 Å². The van der Waals surface area contributed by atoms with E-state index in [1.807, 2.05) is 31.2 Å². The predicted molar refractivity (Wildman–Crippen MR) is 115 cm³/mol. The smallest absolute Gasteiger partial charge is 0.256 e. The Morgan fingerprint density at radius 3 is 2.60 bits per heavy atom. The maximum absolute atomic E-state index is 12.6. The molecule has 8 heteroatoms. The molecule has 0 radical (unpaired) electrons. The van der Waals surface area contributed by atoms with E-state index in [4.69, 9.17) is 4.74 Å². The van der Waals surface area contributed by atoms with Gasteiger partial charge in [0.25, 0.3) is 5.91 Å². The van der Waals surface area contributed by atoms with Gasteiger partial charge >= 0.3 is 0 Å². The summed E-state index contributed by atoms with van der Waals surface area (Å²) >= 11 is 0. The van der Waals surface area contributed by atoms with Gasteiger partial charge in [-0.15, -0.1) is 0 Å². The van der Waals surface area contributed by atoms with E-state index in [2.05, 4.69) is 20.2 Å². The number of piperidine rings is 1. The van der Waals surface area contributed by atoms with Gasteiger partial charge in [0.15, 0.2) is 0 Å². The van der Waals surface area contributed by atoms with Crippen LogP contribution in [0.5, 0.6) is 5.75 Å². The van der Waals surface area contributed by atoms with Crippen LogP contribution in [0.2, 0.25) is 0 Å². The zero-order valence-corrected chi connectivity index (χ0v) is 18.0. The molecular formula is C22H29N5O3. The first-order valence-corrected chi connectivity index (χ1v) is 10.1. The summed E-state index contributed by atoms with van der Waals surface area (Å²) in [7, 11) is 5.02. The van der Waals surface area contributed by atoms with Gasteiger partial charge in [-0.25, -0.2) is 9.97 Å². The fourth-order valence-electron chi connectivity index (χ4n) is 3.63. The molecule has 8 nitrogen and oxygen atoms in total. The van der Waals surface area contributed by atoms with Crippen LogP contribution in [-0.4, -0.2) is 65.9 Å². The Labute approximate surface area is 177 Å². The lowest BCUT2D eigenvalue weighted by molar-refractivity contribution is -0.118. The van der Waals surface area contributed by atoms with Gasteiger partial charge in [-0.2, -0.15) is 0 Å². The van der Waals surface area contributed by atoms with Crippen LogP contribution < -0.4 is 10.1 Å². The molecule has 0 bridgehead atoms. The van der Waals surface area contributed by atoms with Crippen LogP contribution in [0.15, 0.2) is 30.5 Å². The normalized spacial score (nSPS) is 16.7. The Kier molecular flexibility index (Phi) is 6.99. The van der Waals surface area contributed by atoms with Gasteiger partial charge in [0.05, 0.1) is 31.0 Å². The van der Waals surface area contributed by atoms with E-state index in [0.29, 0.717) is 17.1 Å². The highest BCUT2D eigenvalue weighted by atomic mass is 16.5. The van der Waals surface area contributed by atoms with E-state index in [1.54, 1.807) is 27.4 Å². The molecule has 3 rings (SSSR count). The molecule has 160 valence electrons. The van der Waals surface area contributed by atoms with Crippen LogP contribution in [0.25, 0.3) is 0 Å². The maximum Gasteiger partial charge on any atom is 0.256 e. The highest BCUT2D eigenvalue weighted by molar-refractivity contribution is 5.94. The third-order valence-electron chi connectivity index (χ3n) is 5.27. The number of methoxy groups -OCH3 is 1. The van der Waals surface area contributed by atoms with Crippen molar-refractivity contribution in [2.45, 2.75) is 32.2 Å². The molecule has 1 N–H and O–H groups in total. The summed E-state index contributed by atoms with van der Waals surface area (Å²) < 4.78 is 5.15. The van der Waals surface area contributed by atoms with Crippen LogP contribution in [0, 0.1) is 6.92 Å². The number of rotatable bonds is 6. The summed E-state index contributed by atoms with van der Waals surface area (Å²) in [5.74, 6) is 1.22. The molecule has 2 amide bonds. The number of hydrogen-bond acceptors (Lipinski definition) is 6. The first-order valence-electron chi connectivity index (χ1n) is 10.1. The molecule has 1 aromatic carbocycles. The zero-order valence-electron chi connectivity index (χ0n) is 18.0. The van der Waals surface area contributed by atoms with Crippen LogP contribution in [0.4, 0.5) is 5.69 Å². The van der Waals surface area contributed by atoms with Crippen LogP contribution in [-0.2, 0) is 4.79 Å². The number of amides is 2. The van der Waals surface area contributed by atoms with Crippen LogP contribution in [0.3, 0.4) is 0 Å². The van der Waals surface area contributed by atoms with Crippen molar-refractivity contribution in [2.24, 2.45) is 0 Å². The average molecular weight is 412 g/mol. The summed E-state index contributed by atoms with van der Waals surface area (Å²) in [6.07, 6.45) is 4.57. The fourth-order valence-corrected chi connectivity index (χ4v) is 3.63. The van der Waals surface area contributed by atoms with Crippen molar-refractivity contribution >= 4 is 17.5 Å². The summed E-state index contributed by atoms with van der Waals surface area (Å²) in [4.78, 5) is 37.6. The molecule has 1 aromatic heterocycles. The Hall–Kier alpha value is -3.00. The van der Waals surface area contributed by atoms with Crippen LogP contribution >= 0.6 is 0 Å². The molecule has 1 fully saturated rings. The first kappa shape index (κ1) is 21.7. The molecule has 30 heavy (non-hydrogen) atoms. The zero-order chi connectivity index (χ0) is 21.7. The van der Waals surface area contributed by atoms with Crippen molar-refractivity contribution in [3.05, 3.63) is 47.5 Å². The molecule has 1 aliphatic heterocycles. The number of aromatic nitrogens is 2. The minimum absolute atomic E-state index is 0.0393. The summed E-state index contributed by atoms with van der Waals surface area (Å²) in [5, 5.41) is 2.93. The van der Waals surface area contributed by atoms with Gasteiger partial charge < -0.3 is 15.0 Å². The minimum atomic E-state index is -0.113. The summed E-state index contributed by atoms with van der Waals surface area (Å²) in [6, 6.07) is 7.22. The number of carbonyl (C=O) groups excluding carboxylic acids is 2. The van der Waals surface area contributed by atoms with Gasteiger partial charge in [0, 0.05) is 26.0 Å². The molecule has 0 aliphatic carbocycles. The van der Waals surface area contributed by atoms with Gasteiger partial charge in [0.2, 0.25) is 5.91 Å². The summed E-state index contributed by atoms with van der Waals surface area (Å²) in [5.41, 5.74) is 1.89. The lowest BCUT2D eigenvalue weighted by Gasteiger charge is -2.34. The van der Waals surface area contributed by atoms with Crippen LogP contribution in [0.1, 0.15) is 47.2 Å². The molecule has 1 unspecified atom stereocenters. The van der Waals surface area contributed by atoms with Gasteiger partial charge in [-0.05, 0) is 50.6 Å². The Balaban J connectivity index is 1.70. The number of hydrogen-bond donors (Lipinski definition) is 1. The van der Waals surface area contributed by atoms with E-state index < -0.39 is 0 Å². The lowest BCUT2D eigenvalue weighted by atomic mass is 10.0. The fraction of sp³-hybridized carbons (Fsp3) is 0.455. The third-order valence-corrected chi connectivity index (χ3v) is 5.27. The molecule has 1 atom stereocenters. The monoisotopic (exact) mass is 411 g/mol. The number of nitrogens with one attached hydrogen (secondary N) is 1. The predicted octanol–water partition coefficient (Wildman–Crippen LogP) is 2.66. The number of anilines is 1. The van der Waals surface area contributed by atoms with Crippen molar-refractivity contribution < 1.29 is 14.3 Å². The second-order valence-electron chi connectivity index (χ2n) is 7.69. The minimum Gasteiger partial charge on any atom is -0.497 e. The highest BCUT2D eigenvalue weighted by Gasteiger charge is 2.28. The second kappa shape index (κ2) is 9.67. The van der Waals surface area contributed by atoms with Crippen molar-refractivity contribution in [2.75, 3.05) is 39.6 Å². The molecule has 0 saturated carbocycles. The molecule has 2 heterocycles. The molecule has 1 aliphatic rings. The Bertz CT molecular complexity index is 898. The van der Waals surface area contributed by atoms with Crippen molar-refractivity contribution in [1.29, 1.82) is 0 Å². The van der Waals surface area contributed by atoms with E-state index in [-0.39, 0.29) is 24.4 Å². The average Bonchev–Trinajstić information content (AvgIpc) is 2.74. The largest absolute Gasteiger partial charge is 0.497 e. The molecular weight excluding hydrogens is 382 g/mol. The van der Waals surface area contributed by atoms with Crippen molar-refractivity contribution in [3.63, 3.8) is 0 Å². The van der Waals surface area contributed by atoms with E-state index >= 15 is 0 Å². The van der Waals surface area contributed by atoms with Crippen molar-refractivity contribution in [1.82, 2.24) is 19.8 Å². The lowest BCUT2D eigenvalue weighted by Crippen LogP contribution is -2.40. The topological polar surface area (TPSA) is 87.7 Å². The third kappa shape index (κ3) is 5.13. The SMILES string of the molecule is COc1ccc(NC(=O)CN2CCCCC2c2ncc(C(=O)N(C)C)c(C)n2)cc1. The molecule has 0 spiro atoms. The standard InChI is InChI=1S/C22H29N5O3/c1-15-18(22(29)26(2)3)13-23-21(24-15)19-7-5-6-12-27(19)14-20(28)25-16-8-10-17(30-4)11-9-16/h8-11,13,19H,5-7,12,14H2,1-4H3,(H,25,28). The van der Waals surface area contributed by atoms with Gasteiger partial charge in [0.1, 0.15) is 11.6 Å². The van der Waals surface area contributed by atoms with Gasteiger partial charge in [-0.1, -0.05) is 6.42 Å². The number of ether oxygens (including phenoxy) is 1. The highest BCUT2D eigenvalue weighted by Crippen LogP contribution is 2.29. The van der Waals surface area contributed by atoms with Gasteiger partial charge in [-0.3, -0.25) is 14.5 Å². The number of likely N-dealkylation sites (tertiary alicyclic amines) is 1. The molecule has 1 saturated heterocycles. The Morgan fingerprint density at radius 1 is 1.23 bits per heavy atom. The first-order chi connectivity index (χ1) is 14.4. The number of carbonyl (C=O) groups is 2. The maximum atomic E-state index is 12.6. The van der Waals surface area contributed by atoms with E-state index in [9.17, 15) is 9.59 Å². The van der Waals surface area contributed by atoms with Crippen molar-refractivity contribution in [3.8, 4) is 5.75 Å². The van der Waals surface area contributed by atoms with E-state index in [0.717, 1.165) is 37.2 Å². The number of benzene rings is 1. The quantitative estimate of drug-likeness (QED) is 0.786. The Morgan fingerprint density at radius 2 is 1.97 bits per heavy atom. The second-order valence-corrected chi connectivity index (χ2v) is 7.69. The molecule has 2 aromatic rings. The summed E-state index contributed by atoms with van der Waals surface area (Å²) in [6.45, 7) is 2.89.